The first-order valence-electron chi connectivity index (χ1n) is 6.00. The first-order chi connectivity index (χ1) is 8.47. The molecule has 1 saturated heterocycles. The number of anilines is 1. The highest BCUT2D eigenvalue weighted by atomic mass is 32.2. The quantitative estimate of drug-likeness (QED) is 0.826. The monoisotopic (exact) mass is 275 g/mol. The lowest BCUT2D eigenvalue weighted by atomic mass is 9.94. The van der Waals surface area contributed by atoms with Crippen molar-refractivity contribution in [3.63, 3.8) is 0 Å². The predicted molar refractivity (Wildman–Crippen MR) is 69.6 cm³/mol. The van der Waals surface area contributed by atoms with Crippen LogP contribution in [0.25, 0.3) is 0 Å². The molecule has 2 N–H and O–H groups in total. The number of benzene rings is 1. The molecule has 100 valence electrons. The topological polar surface area (TPSA) is 26.0 Å². The van der Waals surface area contributed by atoms with Crippen LogP contribution < -0.4 is 5.73 Å². The molecule has 1 aromatic carbocycles. The Kier molecular flexibility index (Phi) is 4.10. The van der Waals surface area contributed by atoms with E-state index in [-0.39, 0.29) is 0 Å². The Morgan fingerprint density at radius 1 is 1.33 bits per heavy atom. The Labute approximate surface area is 109 Å². The SMILES string of the molecule is Nc1ccc(C(F)(F)F)cc1CC1CCCSC1. The highest BCUT2D eigenvalue weighted by Gasteiger charge is 2.31. The molecule has 0 amide bonds. The van der Waals surface area contributed by atoms with Crippen molar-refractivity contribution in [2.75, 3.05) is 17.2 Å². The molecule has 18 heavy (non-hydrogen) atoms. The van der Waals surface area contributed by atoms with Gasteiger partial charge in [-0.1, -0.05) is 0 Å². The highest BCUT2D eigenvalue weighted by molar-refractivity contribution is 7.99. The zero-order valence-corrected chi connectivity index (χ0v) is 10.8. The van der Waals surface area contributed by atoms with Crippen molar-refractivity contribution in [1.82, 2.24) is 0 Å². The summed E-state index contributed by atoms with van der Waals surface area (Å²) in [6.45, 7) is 0. The molecule has 1 atom stereocenters. The van der Waals surface area contributed by atoms with E-state index in [1.807, 2.05) is 11.8 Å². The van der Waals surface area contributed by atoms with Crippen molar-refractivity contribution in [2.24, 2.45) is 5.92 Å². The lowest BCUT2D eigenvalue weighted by molar-refractivity contribution is -0.137. The van der Waals surface area contributed by atoms with Crippen LogP contribution in [-0.4, -0.2) is 11.5 Å². The van der Waals surface area contributed by atoms with Crippen molar-refractivity contribution in [1.29, 1.82) is 0 Å². The molecule has 0 spiro atoms. The highest BCUT2D eigenvalue weighted by Crippen LogP contribution is 2.33. The molecule has 0 aliphatic carbocycles. The molecule has 1 heterocycles. The van der Waals surface area contributed by atoms with Crippen LogP contribution >= 0.6 is 11.8 Å². The van der Waals surface area contributed by atoms with Crippen LogP contribution in [0.1, 0.15) is 24.0 Å². The van der Waals surface area contributed by atoms with Crippen LogP contribution in [0.3, 0.4) is 0 Å². The molecule has 0 aromatic heterocycles. The number of halogens is 3. The van der Waals surface area contributed by atoms with Gasteiger partial charge < -0.3 is 5.73 Å². The number of alkyl halides is 3. The van der Waals surface area contributed by atoms with Crippen LogP contribution in [0.2, 0.25) is 0 Å². The molecule has 0 saturated carbocycles. The first kappa shape index (κ1) is 13.6. The summed E-state index contributed by atoms with van der Waals surface area (Å²) < 4.78 is 37.9. The Morgan fingerprint density at radius 3 is 2.72 bits per heavy atom. The third kappa shape index (κ3) is 3.34. The van der Waals surface area contributed by atoms with E-state index in [2.05, 4.69) is 0 Å². The molecule has 0 bridgehead atoms. The van der Waals surface area contributed by atoms with Gasteiger partial charge in [0.1, 0.15) is 0 Å². The molecule has 1 nitrogen and oxygen atoms in total. The molecular weight excluding hydrogens is 259 g/mol. The van der Waals surface area contributed by atoms with Crippen LogP contribution in [0.4, 0.5) is 18.9 Å². The minimum absolute atomic E-state index is 0.453. The van der Waals surface area contributed by atoms with Gasteiger partial charge in [0.25, 0.3) is 0 Å². The van der Waals surface area contributed by atoms with E-state index in [4.69, 9.17) is 5.73 Å². The number of rotatable bonds is 2. The average Bonchev–Trinajstić information content (AvgIpc) is 2.32. The second-order valence-corrected chi connectivity index (χ2v) is 5.85. The second kappa shape index (κ2) is 5.43. The van der Waals surface area contributed by atoms with Crippen molar-refractivity contribution in [2.45, 2.75) is 25.4 Å². The van der Waals surface area contributed by atoms with Gasteiger partial charge in [0.05, 0.1) is 5.56 Å². The lowest BCUT2D eigenvalue weighted by Gasteiger charge is -2.22. The van der Waals surface area contributed by atoms with E-state index >= 15 is 0 Å². The number of thioether (sulfide) groups is 1. The predicted octanol–water partition coefficient (Wildman–Crippen LogP) is 3.97. The second-order valence-electron chi connectivity index (χ2n) is 4.70. The Bertz CT molecular complexity index is 411. The summed E-state index contributed by atoms with van der Waals surface area (Å²) in [6, 6.07) is 3.62. The van der Waals surface area contributed by atoms with Gasteiger partial charge in [0, 0.05) is 5.69 Å². The van der Waals surface area contributed by atoms with Crippen molar-refractivity contribution in [3.8, 4) is 0 Å². The molecule has 1 aliphatic rings. The Balaban J connectivity index is 2.15. The molecule has 5 heteroatoms. The third-order valence-corrected chi connectivity index (χ3v) is 4.52. The van der Waals surface area contributed by atoms with E-state index in [0.29, 0.717) is 23.6 Å². The maximum Gasteiger partial charge on any atom is 0.416 e. The smallest absolute Gasteiger partial charge is 0.399 e. The van der Waals surface area contributed by atoms with Gasteiger partial charge in [0.15, 0.2) is 0 Å². The molecule has 1 unspecified atom stereocenters. The van der Waals surface area contributed by atoms with E-state index in [1.165, 1.54) is 12.1 Å². The first-order valence-corrected chi connectivity index (χ1v) is 7.15. The maximum atomic E-state index is 12.6. The van der Waals surface area contributed by atoms with Crippen LogP contribution in [0.5, 0.6) is 0 Å². The van der Waals surface area contributed by atoms with Gasteiger partial charge in [0.2, 0.25) is 0 Å². The summed E-state index contributed by atoms with van der Waals surface area (Å²) in [5, 5.41) is 0. The van der Waals surface area contributed by atoms with Gasteiger partial charge in [-0.15, -0.1) is 0 Å². The standard InChI is InChI=1S/C13H16F3NS/c14-13(15,16)11-3-4-12(17)10(7-11)6-9-2-1-5-18-8-9/h3-4,7,9H,1-2,5-6,8,17H2. The van der Waals surface area contributed by atoms with Crippen LogP contribution in [-0.2, 0) is 12.6 Å². The maximum absolute atomic E-state index is 12.6. The van der Waals surface area contributed by atoms with Gasteiger partial charge in [-0.25, -0.2) is 0 Å². The number of nitrogens with two attached hydrogens (primary N) is 1. The molecule has 0 radical (unpaired) electrons. The zero-order valence-electron chi connectivity index (χ0n) is 9.96. The fourth-order valence-corrected chi connectivity index (χ4v) is 3.39. The third-order valence-electron chi connectivity index (χ3n) is 3.23. The van der Waals surface area contributed by atoms with E-state index in [0.717, 1.165) is 30.4 Å². The van der Waals surface area contributed by atoms with Crippen molar-refractivity contribution in [3.05, 3.63) is 29.3 Å². The van der Waals surface area contributed by atoms with E-state index < -0.39 is 11.7 Å². The zero-order chi connectivity index (χ0) is 13.2. The fraction of sp³-hybridized carbons (Fsp3) is 0.538. The summed E-state index contributed by atoms with van der Waals surface area (Å²) in [5.74, 6) is 2.64. The number of hydrogen-bond donors (Lipinski definition) is 1. The minimum atomic E-state index is -4.29. The van der Waals surface area contributed by atoms with E-state index in [1.54, 1.807) is 0 Å². The van der Waals surface area contributed by atoms with Gasteiger partial charge in [-0.2, -0.15) is 24.9 Å². The van der Waals surface area contributed by atoms with Gasteiger partial charge >= 0.3 is 6.18 Å². The number of hydrogen-bond acceptors (Lipinski definition) is 2. The summed E-state index contributed by atoms with van der Waals surface area (Å²) in [4.78, 5) is 0. The van der Waals surface area contributed by atoms with Gasteiger partial charge in [-0.05, 0) is 60.4 Å². The molecule has 1 fully saturated rings. The molecular formula is C13H16F3NS. The molecule has 2 rings (SSSR count). The summed E-state index contributed by atoms with van der Waals surface area (Å²) in [7, 11) is 0. The fourth-order valence-electron chi connectivity index (χ4n) is 2.24. The largest absolute Gasteiger partial charge is 0.416 e. The minimum Gasteiger partial charge on any atom is -0.399 e. The molecule has 1 aliphatic heterocycles. The summed E-state index contributed by atoms with van der Waals surface area (Å²) in [5.41, 5.74) is 6.28. The van der Waals surface area contributed by atoms with Crippen LogP contribution in [0, 0.1) is 5.92 Å². The summed E-state index contributed by atoms with van der Waals surface area (Å²) in [6.07, 6.45) is -1.40. The van der Waals surface area contributed by atoms with Crippen LogP contribution in [0.15, 0.2) is 18.2 Å². The Hall–Kier alpha value is -0.840. The normalized spacial score (nSPS) is 20.9. The lowest BCUT2D eigenvalue weighted by Crippen LogP contribution is -2.15. The van der Waals surface area contributed by atoms with Crippen molar-refractivity contribution < 1.29 is 13.2 Å². The van der Waals surface area contributed by atoms with Gasteiger partial charge in [-0.3, -0.25) is 0 Å². The molecule has 1 aromatic rings. The number of nitrogen functional groups attached to an aromatic ring is 1. The Morgan fingerprint density at radius 2 is 2.11 bits per heavy atom. The summed E-state index contributed by atoms with van der Waals surface area (Å²) >= 11 is 1.87. The average molecular weight is 275 g/mol. The van der Waals surface area contributed by atoms with Crippen molar-refractivity contribution >= 4 is 17.4 Å². The van der Waals surface area contributed by atoms with E-state index in [9.17, 15) is 13.2 Å².